The zero-order chi connectivity index (χ0) is 22.7. The molecule has 1 aromatic heterocycles. The van der Waals surface area contributed by atoms with Gasteiger partial charge in [-0.1, -0.05) is 24.3 Å². The molecule has 32 heavy (non-hydrogen) atoms. The fourth-order valence-corrected chi connectivity index (χ4v) is 4.65. The minimum atomic E-state index is -0.497. The molecule has 1 aliphatic rings. The van der Waals surface area contributed by atoms with E-state index in [9.17, 15) is 18.8 Å². The summed E-state index contributed by atoms with van der Waals surface area (Å²) in [5.41, 5.74) is 2.29. The van der Waals surface area contributed by atoms with Crippen molar-refractivity contribution >= 4 is 40.3 Å². The zero-order valence-electron chi connectivity index (χ0n) is 17.8. The number of carbonyl (C=O) groups excluding carboxylic acids is 3. The van der Waals surface area contributed by atoms with E-state index in [0.29, 0.717) is 43.1 Å². The molecule has 2 aromatic carbocycles. The Balaban J connectivity index is 1.27. The lowest BCUT2D eigenvalue weighted by Crippen LogP contribution is -2.51. The van der Waals surface area contributed by atoms with Gasteiger partial charge in [0.05, 0.1) is 12.2 Å². The number of nitrogens with one attached hydrogen (secondary N) is 1. The number of ketones is 1. The van der Waals surface area contributed by atoms with Crippen molar-refractivity contribution in [3.63, 3.8) is 0 Å². The van der Waals surface area contributed by atoms with Crippen molar-refractivity contribution in [3.05, 3.63) is 65.6 Å². The number of amides is 2. The third kappa shape index (κ3) is 4.85. The van der Waals surface area contributed by atoms with Crippen LogP contribution in [0.4, 0.5) is 4.39 Å². The Morgan fingerprint density at radius 2 is 1.69 bits per heavy atom. The topological polar surface area (TPSA) is 73.5 Å². The molecule has 2 heterocycles. The molecule has 0 spiro atoms. The number of hydrogen-bond acceptors (Lipinski definition) is 4. The average Bonchev–Trinajstić information content (AvgIpc) is 3.20. The third-order valence-corrected chi connectivity index (χ3v) is 6.72. The molecule has 1 saturated heterocycles. The summed E-state index contributed by atoms with van der Waals surface area (Å²) in [7, 11) is 0. The maximum Gasteiger partial charge on any atom is 0.233 e. The summed E-state index contributed by atoms with van der Waals surface area (Å²) >= 11 is 1.12. The number of H-pyrrole nitrogens is 1. The van der Waals surface area contributed by atoms with Crippen molar-refractivity contribution < 1.29 is 18.8 Å². The highest BCUT2D eigenvalue weighted by Crippen LogP contribution is 2.24. The van der Waals surface area contributed by atoms with E-state index in [0.717, 1.165) is 28.2 Å². The molecule has 0 unspecified atom stereocenters. The molecule has 1 aliphatic heterocycles. The monoisotopic (exact) mass is 453 g/mol. The highest BCUT2D eigenvalue weighted by atomic mass is 32.2. The van der Waals surface area contributed by atoms with E-state index in [1.165, 1.54) is 19.1 Å². The summed E-state index contributed by atoms with van der Waals surface area (Å²) in [4.78, 5) is 43.7. The number of hydrogen-bond donors (Lipinski definition) is 1. The Labute approximate surface area is 189 Å². The van der Waals surface area contributed by atoms with Gasteiger partial charge in [0.15, 0.2) is 5.78 Å². The summed E-state index contributed by atoms with van der Waals surface area (Å²) < 4.78 is 14.2. The van der Waals surface area contributed by atoms with Gasteiger partial charge >= 0.3 is 0 Å². The summed E-state index contributed by atoms with van der Waals surface area (Å²) in [5, 5.41) is 1.05. The second kappa shape index (κ2) is 9.56. The van der Waals surface area contributed by atoms with E-state index in [-0.39, 0.29) is 23.4 Å². The van der Waals surface area contributed by atoms with Gasteiger partial charge in [-0.2, -0.15) is 0 Å². The van der Waals surface area contributed by atoms with Gasteiger partial charge in [0.25, 0.3) is 0 Å². The highest BCUT2D eigenvalue weighted by Gasteiger charge is 2.25. The van der Waals surface area contributed by atoms with Crippen LogP contribution in [0.2, 0.25) is 0 Å². The molecule has 166 valence electrons. The van der Waals surface area contributed by atoms with Gasteiger partial charge in [0.1, 0.15) is 5.82 Å². The van der Waals surface area contributed by atoms with Gasteiger partial charge in [-0.05, 0) is 30.7 Å². The second-order valence-electron chi connectivity index (χ2n) is 7.79. The molecule has 2 amide bonds. The first-order chi connectivity index (χ1) is 15.4. The molecule has 0 bridgehead atoms. The van der Waals surface area contributed by atoms with E-state index in [2.05, 4.69) is 4.98 Å². The quantitative estimate of drug-likeness (QED) is 0.458. The smallest absolute Gasteiger partial charge is 0.233 e. The van der Waals surface area contributed by atoms with Crippen molar-refractivity contribution in [1.29, 1.82) is 0 Å². The van der Waals surface area contributed by atoms with E-state index >= 15 is 0 Å². The van der Waals surface area contributed by atoms with Crippen LogP contribution in [-0.2, 0) is 16.0 Å². The number of rotatable bonds is 6. The number of benzene rings is 2. The van der Waals surface area contributed by atoms with Crippen LogP contribution in [0.15, 0.2) is 53.6 Å². The fourth-order valence-electron chi connectivity index (χ4n) is 3.83. The van der Waals surface area contributed by atoms with Crippen LogP contribution in [0.5, 0.6) is 0 Å². The minimum Gasteiger partial charge on any atom is -0.361 e. The predicted molar refractivity (Wildman–Crippen MR) is 122 cm³/mol. The first kappa shape index (κ1) is 22.1. The number of halogens is 1. The van der Waals surface area contributed by atoms with Crippen molar-refractivity contribution in [2.24, 2.45) is 0 Å². The fraction of sp³-hybridized carbons (Fsp3) is 0.292. The predicted octanol–water partition coefficient (Wildman–Crippen LogP) is 3.52. The second-order valence-corrected chi connectivity index (χ2v) is 8.81. The van der Waals surface area contributed by atoms with Crippen molar-refractivity contribution in [3.8, 4) is 0 Å². The molecule has 4 rings (SSSR count). The van der Waals surface area contributed by atoms with Crippen molar-refractivity contribution in [2.75, 3.05) is 31.9 Å². The summed E-state index contributed by atoms with van der Waals surface area (Å²) in [5.74, 6) is -0.630. The maximum atomic E-state index is 14.2. The largest absolute Gasteiger partial charge is 0.361 e. The average molecular weight is 454 g/mol. The molecule has 1 N–H and O–H groups in total. The first-order valence-electron chi connectivity index (χ1n) is 10.5. The Morgan fingerprint density at radius 3 is 2.38 bits per heavy atom. The van der Waals surface area contributed by atoms with Gasteiger partial charge in [0, 0.05) is 53.7 Å². The van der Waals surface area contributed by atoms with E-state index < -0.39 is 5.82 Å². The molecule has 0 aliphatic carbocycles. The van der Waals surface area contributed by atoms with Crippen LogP contribution in [0.25, 0.3) is 10.9 Å². The normalized spacial score (nSPS) is 14.1. The molecule has 1 fully saturated rings. The zero-order valence-corrected chi connectivity index (χ0v) is 18.6. The van der Waals surface area contributed by atoms with Gasteiger partial charge in [0.2, 0.25) is 11.8 Å². The summed E-state index contributed by atoms with van der Waals surface area (Å²) in [6, 6.07) is 12.2. The number of Topliss-reactive ketones (excluding diaryl/α,β-unsaturated/α-hetero) is 1. The number of aromatic amines is 1. The van der Waals surface area contributed by atoms with E-state index in [1.54, 1.807) is 15.9 Å². The summed E-state index contributed by atoms with van der Waals surface area (Å²) in [6.07, 6.45) is 2.20. The molecule has 8 heteroatoms. The van der Waals surface area contributed by atoms with Crippen molar-refractivity contribution in [1.82, 2.24) is 14.8 Å². The molecule has 0 radical (unpaired) electrons. The standard InChI is InChI=1S/C24H24FN3O3S/c1-16(29)17-6-7-22(20(25)12-17)32-15-24(31)28-10-8-27(9-11-28)23(30)13-18-14-26-21-5-3-2-4-19(18)21/h2-7,12,14,26H,8-11,13,15H2,1H3. The number of para-hydroxylation sites is 1. The summed E-state index contributed by atoms with van der Waals surface area (Å²) in [6.45, 7) is 3.28. The number of nitrogens with zero attached hydrogens (tertiary/aromatic N) is 2. The van der Waals surface area contributed by atoms with Crippen LogP contribution in [0, 0.1) is 5.82 Å². The highest BCUT2D eigenvalue weighted by molar-refractivity contribution is 8.00. The van der Waals surface area contributed by atoms with Crippen LogP contribution in [0.3, 0.4) is 0 Å². The third-order valence-electron chi connectivity index (χ3n) is 5.69. The number of piperazine rings is 1. The molecule has 0 saturated carbocycles. The molecule has 0 atom stereocenters. The SMILES string of the molecule is CC(=O)c1ccc(SCC(=O)N2CCN(C(=O)Cc3c[nH]c4ccccc34)CC2)c(F)c1. The maximum absolute atomic E-state index is 14.2. The van der Waals surface area contributed by atoms with Gasteiger partial charge in [-0.3, -0.25) is 14.4 Å². The Morgan fingerprint density at radius 1 is 1.00 bits per heavy atom. The Bertz CT molecular complexity index is 1170. The number of carbonyl (C=O) groups is 3. The van der Waals surface area contributed by atoms with Gasteiger partial charge < -0.3 is 14.8 Å². The minimum absolute atomic E-state index is 0.0452. The molecular formula is C24H24FN3O3S. The van der Waals surface area contributed by atoms with Crippen LogP contribution in [-0.4, -0.2) is 64.3 Å². The lowest BCUT2D eigenvalue weighted by atomic mass is 10.1. The van der Waals surface area contributed by atoms with E-state index in [1.807, 2.05) is 30.5 Å². The Kier molecular flexibility index (Phi) is 6.60. The lowest BCUT2D eigenvalue weighted by molar-refractivity contribution is -0.137. The lowest BCUT2D eigenvalue weighted by Gasteiger charge is -2.34. The van der Waals surface area contributed by atoms with Gasteiger partial charge in [-0.15, -0.1) is 11.8 Å². The van der Waals surface area contributed by atoms with Crippen LogP contribution in [0.1, 0.15) is 22.8 Å². The number of aromatic nitrogens is 1. The Hall–Kier alpha value is -3.13. The molecule has 6 nitrogen and oxygen atoms in total. The van der Waals surface area contributed by atoms with Crippen LogP contribution >= 0.6 is 11.8 Å². The molecule has 3 aromatic rings. The van der Waals surface area contributed by atoms with Crippen LogP contribution < -0.4 is 0 Å². The van der Waals surface area contributed by atoms with Crippen molar-refractivity contribution in [2.45, 2.75) is 18.2 Å². The first-order valence-corrected chi connectivity index (χ1v) is 11.4. The molecular weight excluding hydrogens is 429 g/mol. The number of fused-ring (bicyclic) bond motifs is 1. The number of thioether (sulfide) groups is 1. The van der Waals surface area contributed by atoms with Gasteiger partial charge in [-0.25, -0.2) is 4.39 Å². The van der Waals surface area contributed by atoms with E-state index in [4.69, 9.17) is 0 Å².